The van der Waals surface area contributed by atoms with Crippen molar-refractivity contribution in [3.63, 3.8) is 0 Å². The van der Waals surface area contributed by atoms with Crippen molar-refractivity contribution in [2.45, 2.75) is 9.88 Å². The van der Waals surface area contributed by atoms with Gasteiger partial charge < -0.3 is 24.0 Å². The fraction of sp³-hybridized carbons (Fsp3) is 0.250. The molecule has 0 bridgehead atoms. The van der Waals surface area contributed by atoms with Gasteiger partial charge in [-0.2, -0.15) is 0 Å². The molecule has 0 fully saturated rings. The molecule has 0 saturated heterocycles. The Balaban J connectivity index is 0.000000810. The minimum absolute atomic E-state index is 0. The van der Waals surface area contributed by atoms with E-state index < -0.39 is 19.8 Å². The average molecular weight is 353 g/mol. The molecule has 0 radical (unpaired) electrons. The maximum atomic E-state index is 2.40. The monoisotopic (exact) mass is 354 g/mol. The van der Waals surface area contributed by atoms with Gasteiger partial charge in [0.1, 0.15) is 0 Å². The summed E-state index contributed by atoms with van der Waals surface area (Å²) in [5.41, 5.74) is 0. The molecule has 0 N–H and O–H groups in total. The molecular weight excluding hydrogens is 342 g/mol. The van der Waals surface area contributed by atoms with E-state index in [1.165, 1.54) is 0 Å². The number of hydrogen-bond donors (Lipinski definition) is 0. The molecule has 0 aliphatic carbocycles. The zero-order valence-electron chi connectivity index (χ0n) is 6.26. The van der Waals surface area contributed by atoms with Crippen molar-refractivity contribution in [3.05, 3.63) is 30.3 Å². The van der Waals surface area contributed by atoms with Gasteiger partial charge in [-0.3, -0.25) is 0 Å². The van der Waals surface area contributed by atoms with E-state index in [1.54, 1.807) is 3.58 Å². The van der Waals surface area contributed by atoms with Crippen LogP contribution in [0.25, 0.3) is 0 Å². The quantitative estimate of drug-likeness (QED) is 0.433. The van der Waals surface area contributed by atoms with Crippen LogP contribution in [0.3, 0.4) is 0 Å². The minimum Gasteiger partial charge on any atom is -1.00 e. The molecule has 0 heterocycles. The average Bonchev–Trinajstić information content (AvgIpc) is 1.90. The molecule has 2 heteroatoms. The first kappa shape index (κ1) is 10.7. The first-order valence-corrected chi connectivity index (χ1v) is 10.3. The van der Waals surface area contributed by atoms with Crippen LogP contribution in [0.4, 0.5) is 0 Å². The molecule has 0 spiro atoms. The van der Waals surface area contributed by atoms with Crippen LogP contribution in [0, 0.1) is 0 Å². The Morgan fingerprint density at radius 1 is 1.00 bits per heavy atom. The molecule has 0 atom stereocenters. The molecule has 0 saturated carbocycles. The molecule has 1 aromatic rings. The summed E-state index contributed by atoms with van der Waals surface area (Å²) in [5.74, 6) is 0. The van der Waals surface area contributed by atoms with Crippen molar-refractivity contribution in [2.24, 2.45) is 0 Å². The van der Waals surface area contributed by atoms with Gasteiger partial charge in [-0.15, -0.1) is 0 Å². The Labute approximate surface area is 86.8 Å². The first-order valence-electron chi connectivity index (χ1n) is 3.16. The van der Waals surface area contributed by atoms with Crippen LogP contribution >= 0.6 is 0 Å². The van der Waals surface area contributed by atoms with Crippen molar-refractivity contribution in [3.8, 4) is 0 Å². The van der Waals surface area contributed by atoms with Crippen LogP contribution in [-0.4, -0.2) is 19.8 Å². The van der Waals surface area contributed by atoms with Crippen LogP contribution in [0.15, 0.2) is 30.3 Å². The van der Waals surface area contributed by atoms with Gasteiger partial charge in [0.05, 0.1) is 0 Å². The van der Waals surface area contributed by atoms with Gasteiger partial charge in [-0.25, -0.2) is 0 Å². The Morgan fingerprint density at radius 3 is 1.80 bits per heavy atom. The summed E-state index contributed by atoms with van der Waals surface area (Å²) in [4.78, 5) is 4.80. The normalized spacial score (nSPS) is 8.20. The number of halogens is 1. The van der Waals surface area contributed by atoms with Crippen LogP contribution in [-0.2, 0) is 0 Å². The maximum absolute atomic E-state index is 2.40. The molecular formula is C8H11ISn. The molecule has 1 rings (SSSR count). The Kier molecular flexibility index (Phi) is 5.81. The van der Waals surface area contributed by atoms with E-state index in [-0.39, 0.29) is 24.0 Å². The molecule has 10 heavy (non-hydrogen) atoms. The molecule has 0 nitrogen and oxygen atoms in total. The zero-order valence-corrected chi connectivity index (χ0v) is 11.3. The van der Waals surface area contributed by atoms with Gasteiger partial charge in [0.25, 0.3) is 0 Å². The first-order chi connectivity index (χ1) is 4.30. The fourth-order valence-electron chi connectivity index (χ4n) is 0.771. The fourth-order valence-corrected chi connectivity index (χ4v) is 3.22. The van der Waals surface area contributed by atoms with Gasteiger partial charge in [-0.1, -0.05) is 0 Å². The maximum Gasteiger partial charge on any atom is -1.00 e. The van der Waals surface area contributed by atoms with Crippen molar-refractivity contribution < 1.29 is 24.0 Å². The summed E-state index contributed by atoms with van der Waals surface area (Å²) in [6.45, 7) is 0. The smallest absolute Gasteiger partial charge is 1.00 e. The summed E-state index contributed by atoms with van der Waals surface area (Å²) in [5, 5.41) is 0. The van der Waals surface area contributed by atoms with E-state index in [0.29, 0.717) is 0 Å². The molecule has 0 amide bonds. The second kappa shape index (κ2) is 5.41. The summed E-state index contributed by atoms with van der Waals surface area (Å²) in [6.07, 6.45) is 0. The van der Waals surface area contributed by atoms with E-state index in [2.05, 4.69) is 40.2 Å². The number of benzene rings is 1. The third kappa shape index (κ3) is 3.23. The zero-order chi connectivity index (χ0) is 6.69. The van der Waals surface area contributed by atoms with Crippen molar-refractivity contribution in [1.29, 1.82) is 0 Å². The van der Waals surface area contributed by atoms with Gasteiger partial charge in [0, 0.05) is 0 Å². The third-order valence-electron chi connectivity index (χ3n) is 1.35. The van der Waals surface area contributed by atoms with E-state index in [4.69, 9.17) is 0 Å². The third-order valence-corrected chi connectivity index (χ3v) is 5.60. The van der Waals surface area contributed by atoms with E-state index in [0.717, 1.165) is 0 Å². The SMILES string of the molecule is [CH3][Sn+]([CH3])[c]1ccccc1.[I-]. The van der Waals surface area contributed by atoms with E-state index in [9.17, 15) is 0 Å². The van der Waals surface area contributed by atoms with Crippen LogP contribution in [0.2, 0.25) is 9.88 Å². The van der Waals surface area contributed by atoms with Crippen LogP contribution in [0.1, 0.15) is 0 Å². The Morgan fingerprint density at radius 2 is 1.50 bits per heavy atom. The topological polar surface area (TPSA) is 0 Å². The summed E-state index contributed by atoms with van der Waals surface area (Å²) in [7, 11) is 0. The second-order valence-electron chi connectivity index (χ2n) is 2.37. The van der Waals surface area contributed by atoms with Crippen molar-refractivity contribution >= 4 is 23.3 Å². The van der Waals surface area contributed by atoms with Gasteiger partial charge in [-0.05, 0) is 0 Å². The Hall–Kier alpha value is 0.749. The standard InChI is InChI=1S/C6H5.2CH3.HI.Sn/c1-2-4-6-5-3-1;;;;/h1-5H;2*1H3;1H;/q;;;;+1/p-1. The van der Waals surface area contributed by atoms with Gasteiger partial charge >= 0.3 is 63.6 Å². The minimum atomic E-state index is -1.02. The van der Waals surface area contributed by atoms with E-state index in [1.807, 2.05) is 0 Å². The van der Waals surface area contributed by atoms with Crippen LogP contribution < -0.4 is 27.6 Å². The van der Waals surface area contributed by atoms with Gasteiger partial charge in [0.2, 0.25) is 0 Å². The predicted molar refractivity (Wildman–Crippen MR) is 43.6 cm³/mol. The molecule has 0 aromatic heterocycles. The van der Waals surface area contributed by atoms with Crippen molar-refractivity contribution in [1.82, 2.24) is 0 Å². The summed E-state index contributed by atoms with van der Waals surface area (Å²) >= 11 is -1.02. The summed E-state index contributed by atoms with van der Waals surface area (Å²) < 4.78 is 1.61. The molecule has 0 unspecified atom stereocenters. The largest absolute Gasteiger partial charge is 1.00 e. The second-order valence-corrected chi connectivity index (χ2v) is 9.72. The summed E-state index contributed by atoms with van der Waals surface area (Å²) in [6, 6.07) is 10.8. The number of hydrogen-bond acceptors (Lipinski definition) is 0. The van der Waals surface area contributed by atoms with Crippen LogP contribution in [0.5, 0.6) is 0 Å². The van der Waals surface area contributed by atoms with E-state index >= 15 is 0 Å². The Bertz CT molecular complexity index is 172. The molecule has 54 valence electrons. The molecule has 1 aromatic carbocycles. The molecule has 0 aliphatic rings. The number of rotatable bonds is 1. The van der Waals surface area contributed by atoms with Crippen molar-refractivity contribution in [2.75, 3.05) is 0 Å². The predicted octanol–water partition coefficient (Wildman–Crippen LogP) is -1.35. The molecule has 0 aliphatic heterocycles. The van der Waals surface area contributed by atoms with Gasteiger partial charge in [0.15, 0.2) is 0 Å².